The molecule has 2 aliphatic heterocycles. The number of imidazole rings is 1. The normalized spacial score (nSPS) is 23.9. The van der Waals surface area contributed by atoms with Crippen LogP contribution in [0.1, 0.15) is 46.0 Å². The Hall–Kier alpha value is -3.18. The molecule has 7 N–H and O–H groups in total. The lowest BCUT2D eigenvalue weighted by Gasteiger charge is -2.20. The molecule has 1 fully saturated rings. The van der Waals surface area contributed by atoms with E-state index in [9.17, 15) is 39.0 Å². The summed E-state index contributed by atoms with van der Waals surface area (Å²) >= 11 is 0. The van der Waals surface area contributed by atoms with Crippen molar-refractivity contribution in [1.29, 1.82) is 0 Å². The molecule has 6 atom stereocenters. The van der Waals surface area contributed by atoms with E-state index in [4.69, 9.17) is 29.0 Å². The van der Waals surface area contributed by atoms with E-state index in [-0.39, 0.29) is 46.9 Å². The molecule has 3 aromatic rings. The molecule has 3 unspecified atom stereocenters. The van der Waals surface area contributed by atoms with Crippen molar-refractivity contribution in [2.45, 2.75) is 57.8 Å². The Bertz CT molecular complexity index is 1730. The van der Waals surface area contributed by atoms with Crippen molar-refractivity contribution >= 4 is 38.1 Å². The van der Waals surface area contributed by atoms with Gasteiger partial charge in [-0.25, -0.2) is 19.7 Å². The van der Waals surface area contributed by atoms with E-state index in [1.165, 1.54) is 18.0 Å². The molecule has 0 spiro atoms. The number of hydrogen-bond acceptors (Lipinski definition) is 15. The number of nitrogen functional groups attached to an aromatic ring is 1. The SMILES string of the molecule is CCc1nc(N)c2ncn(C3O[C@@H](COP(=O)(O)CP(=O)(O)OCCc4c(O)c5c(c(C)c4OC)COC5=O)[C@H](O)[C@@H]3O)c2n1. The van der Waals surface area contributed by atoms with Crippen molar-refractivity contribution in [1.82, 2.24) is 19.5 Å². The third-order valence-electron chi connectivity index (χ3n) is 7.51. The van der Waals surface area contributed by atoms with Crippen LogP contribution in [0.4, 0.5) is 5.82 Å². The van der Waals surface area contributed by atoms with Crippen LogP contribution in [0.3, 0.4) is 0 Å². The Morgan fingerprint density at radius 3 is 2.56 bits per heavy atom. The lowest BCUT2D eigenvalue weighted by atomic mass is 9.95. The van der Waals surface area contributed by atoms with Crippen molar-refractivity contribution < 1.29 is 62.3 Å². The number of aromatic hydroxyl groups is 1. The average Bonchev–Trinajstić information content (AvgIpc) is 3.65. The fourth-order valence-electron chi connectivity index (χ4n) is 5.28. The summed E-state index contributed by atoms with van der Waals surface area (Å²) in [5.74, 6) is -1.69. The van der Waals surface area contributed by atoms with Crippen LogP contribution in [-0.4, -0.2) is 95.1 Å². The number of esters is 1. The van der Waals surface area contributed by atoms with Gasteiger partial charge in [-0.15, -0.1) is 0 Å². The van der Waals surface area contributed by atoms with Crippen LogP contribution in [-0.2, 0) is 47.1 Å². The molecule has 0 radical (unpaired) electrons. The van der Waals surface area contributed by atoms with Crippen LogP contribution < -0.4 is 10.5 Å². The summed E-state index contributed by atoms with van der Waals surface area (Å²) in [6.45, 7) is 2.21. The fourth-order valence-corrected chi connectivity index (χ4v) is 8.50. The highest BCUT2D eigenvalue weighted by atomic mass is 31.2. The van der Waals surface area contributed by atoms with E-state index in [1.54, 1.807) is 6.92 Å². The second kappa shape index (κ2) is 12.5. The lowest BCUT2D eigenvalue weighted by Crippen LogP contribution is -2.33. The molecular formula is C25H33N5O13P2. The number of aromatic nitrogens is 4. The van der Waals surface area contributed by atoms with Gasteiger partial charge in [0.05, 0.1) is 26.7 Å². The largest absolute Gasteiger partial charge is 0.507 e. The van der Waals surface area contributed by atoms with E-state index in [2.05, 4.69) is 15.0 Å². The van der Waals surface area contributed by atoms with Gasteiger partial charge in [0.15, 0.2) is 23.6 Å². The van der Waals surface area contributed by atoms with Crippen LogP contribution in [0.25, 0.3) is 11.2 Å². The van der Waals surface area contributed by atoms with Gasteiger partial charge in [-0.2, -0.15) is 0 Å². The molecule has 2 aliphatic rings. The predicted molar refractivity (Wildman–Crippen MR) is 154 cm³/mol. The zero-order valence-electron chi connectivity index (χ0n) is 24.4. The van der Waals surface area contributed by atoms with Crippen LogP contribution in [0.2, 0.25) is 0 Å². The van der Waals surface area contributed by atoms with Crippen molar-refractivity contribution in [3.8, 4) is 11.5 Å². The van der Waals surface area contributed by atoms with Gasteiger partial charge < -0.3 is 54.1 Å². The predicted octanol–water partition coefficient (Wildman–Crippen LogP) is 0.887. The highest BCUT2D eigenvalue weighted by molar-refractivity contribution is 7.70. The summed E-state index contributed by atoms with van der Waals surface area (Å²) < 4.78 is 52.8. The highest BCUT2D eigenvalue weighted by Crippen LogP contribution is 2.58. The number of nitrogens with zero attached hydrogens (tertiary/aromatic N) is 4. The maximum Gasteiger partial charge on any atom is 0.342 e. The number of ether oxygens (including phenoxy) is 3. The smallest absolute Gasteiger partial charge is 0.342 e. The molecule has 0 aliphatic carbocycles. The molecule has 1 aromatic carbocycles. The topological polar surface area (TPSA) is 268 Å². The highest BCUT2D eigenvalue weighted by Gasteiger charge is 2.46. The second-order valence-corrected chi connectivity index (χ2v) is 14.7. The van der Waals surface area contributed by atoms with Crippen molar-refractivity contribution in [2.75, 3.05) is 32.0 Å². The van der Waals surface area contributed by atoms with Gasteiger partial charge in [0, 0.05) is 24.0 Å². The number of aliphatic hydroxyl groups excluding tert-OH is 2. The van der Waals surface area contributed by atoms with Gasteiger partial charge in [-0.1, -0.05) is 6.92 Å². The standard InChI is InChI=1S/C25H33N5O13P2/c1-4-15-28-22(26)17-23(29-15)30(9-27-17)24-20(33)19(32)14(43-24)8-42-45(37,38)10-44(35,36)41-6-5-12-18(31)16-13(7-40-25(16)34)11(2)21(12)39-3/h9,14,19-20,24,31-33H,4-8,10H2,1-3H3,(H,35,36)(H,37,38)(H2,26,28,29)/t14-,19-,20-,24?/m0/s1. The van der Waals surface area contributed by atoms with Gasteiger partial charge in [-0.3, -0.25) is 13.7 Å². The minimum atomic E-state index is -4.82. The van der Waals surface area contributed by atoms with Crippen molar-refractivity contribution in [2.24, 2.45) is 0 Å². The summed E-state index contributed by atoms with van der Waals surface area (Å²) in [5.41, 5.74) is 7.53. The minimum absolute atomic E-state index is 0.0308. The zero-order valence-corrected chi connectivity index (χ0v) is 26.2. The Morgan fingerprint density at radius 2 is 1.87 bits per heavy atom. The fraction of sp³-hybridized carbons (Fsp3) is 0.520. The molecule has 1 saturated heterocycles. The molecule has 5 rings (SSSR count). The maximum atomic E-state index is 12.7. The molecule has 246 valence electrons. The van der Waals surface area contributed by atoms with Crippen LogP contribution in [0, 0.1) is 6.92 Å². The number of benzene rings is 1. The van der Waals surface area contributed by atoms with Gasteiger partial charge in [0.1, 0.15) is 53.3 Å². The van der Waals surface area contributed by atoms with Gasteiger partial charge in [-0.05, 0) is 12.5 Å². The number of carbonyl (C=O) groups excluding carboxylic acids is 1. The Labute approximate surface area is 255 Å². The average molecular weight is 674 g/mol. The molecule has 18 nitrogen and oxygen atoms in total. The number of aryl methyl sites for hydroxylation is 1. The van der Waals surface area contributed by atoms with Crippen LogP contribution >= 0.6 is 15.2 Å². The quantitative estimate of drug-likeness (QED) is 0.115. The Balaban J connectivity index is 1.20. The zero-order chi connectivity index (χ0) is 32.8. The summed E-state index contributed by atoms with van der Waals surface area (Å²) in [6.07, 6.45) is -4.09. The Morgan fingerprint density at radius 1 is 1.16 bits per heavy atom. The first-order valence-electron chi connectivity index (χ1n) is 13.7. The number of aliphatic hydroxyl groups is 2. The number of phenolic OH excluding ortho intramolecular Hbond substituents is 1. The number of carbonyl (C=O) groups is 1. The van der Waals surface area contributed by atoms with E-state index in [0.29, 0.717) is 23.4 Å². The maximum absolute atomic E-state index is 12.7. The van der Waals surface area contributed by atoms with Crippen LogP contribution in [0.5, 0.6) is 11.5 Å². The van der Waals surface area contributed by atoms with Gasteiger partial charge in [0.2, 0.25) is 0 Å². The first-order valence-corrected chi connectivity index (χ1v) is 17.2. The first kappa shape index (κ1) is 33.2. The molecule has 20 heteroatoms. The van der Waals surface area contributed by atoms with E-state index >= 15 is 0 Å². The van der Waals surface area contributed by atoms with Crippen molar-refractivity contribution in [3.05, 3.63) is 34.4 Å². The van der Waals surface area contributed by atoms with E-state index in [1.807, 2.05) is 6.92 Å². The number of rotatable bonds is 12. The number of anilines is 1. The van der Waals surface area contributed by atoms with Gasteiger partial charge >= 0.3 is 21.2 Å². The molecule has 4 heterocycles. The summed E-state index contributed by atoms with van der Waals surface area (Å²) in [4.78, 5) is 45.3. The number of phenols is 1. The number of cyclic esters (lactones) is 1. The van der Waals surface area contributed by atoms with E-state index < -0.39 is 70.6 Å². The summed E-state index contributed by atoms with van der Waals surface area (Å²) in [6, 6.07) is 0. The van der Waals surface area contributed by atoms with Gasteiger partial charge in [0.25, 0.3) is 0 Å². The van der Waals surface area contributed by atoms with E-state index in [0.717, 1.165) is 0 Å². The molecule has 0 amide bonds. The number of methoxy groups -OCH3 is 1. The first-order chi connectivity index (χ1) is 21.2. The van der Waals surface area contributed by atoms with Crippen LogP contribution in [0.15, 0.2) is 6.33 Å². The summed E-state index contributed by atoms with van der Waals surface area (Å²) in [5, 5.41) is 31.9. The number of fused-ring (bicyclic) bond motifs is 2. The lowest BCUT2D eigenvalue weighted by molar-refractivity contribution is -0.0484. The molecule has 0 saturated carbocycles. The second-order valence-electron chi connectivity index (χ2n) is 10.5. The Kier molecular flexibility index (Phi) is 9.26. The summed E-state index contributed by atoms with van der Waals surface area (Å²) in [7, 11) is -8.22. The minimum Gasteiger partial charge on any atom is -0.507 e. The molecule has 45 heavy (non-hydrogen) atoms. The monoisotopic (exact) mass is 673 g/mol. The third-order valence-corrected chi connectivity index (χ3v) is 11.5. The number of nitrogens with two attached hydrogens (primary N) is 1. The molecular weight excluding hydrogens is 640 g/mol. The van der Waals surface area contributed by atoms with Crippen molar-refractivity contribution in [3.63, 3.8) is 0 Å². The number of hydrogen-bond donors (Lipinski definition) is 6. The molecule has 0 bridgehead atoms. The third kappa shape index (κ3) is 6.43. The molecule has 2 aromatic heterocycles.